The van der Waals surface area contributed by atoms with Crippen molar-refractivity contribution in [1.29, 1.82) is 0 Å². The molecule has 0 aliphatic rings. The van der Waals surface area contributed by atoms with E-state index in [9.17, 15) is 102 Å². The summed E-state index contributed by atoms with van der Waals surface area (Å²) in [6.07, 6.45) is 0. The second kappa shape index (κ2) is 23.0. The average Bonchev–Trinajstić information content (AvgIpc) is 0.788. The number of aryl methyl sites for hydroxylation is 2. The largest absolute Gasteiger partial charge is 0.323 e. The number of urea groups is 1. The number of nitrogens with one attached hydrogen (secondary N) is 6. The highest BCUT2D eigenvalue weighted by Crippen LogP contribution is 2.41. The van der Waals surface area contributed by atoms with Gasteiger partial charge in [0.15, 0.2) is 0 Å². The molecule has 12 N–H and O–H groups in total. The van der Waals surface area contributed by atoms with Crippen molar-refractivity contribution in [1.82, 2.24) is 0 Å². The number of amides is 6. The SMILES string of the molecule is Cc1ccc(C(=O)Nc2c(S(=O)(=O)O)cc3c(S(=O)(=O)O)cccc3c2S(=O)(=O)O)cc1NC(=O)c1cccc(NC(=O)Nc2cccc(C(=O)Nc3cc(C(=O)Nc4c(S(=O)(=O)O)cc5c(S(=O)(=O)O)cccc5c4S(=O)(=O)O)ccc3C)c2)c1. The van der Waals surface area contributed by atoms with Gasteiger partial charge in [0.1, 0.15) is 29.4 Å². The molecular weight excluding hydrogens is 1260 g/mol. The first-order valence-electron chi connectivity index (χ1n) is 23.6. The van der Waals surface area contributed by atoms with E-state index in [1.807, 2.05) is 10.6 Å². The van der Waals surface area contributed by atoms with Crippen LogP contribution in [0.4, 0.5) is 38.9 Å². The monoisotopic (exact) mass is 1300 g/mol. The molecule has 0 spiro atoms. The van der Waals surface area contributed by atoms with Gasteiger partial charge in [0, 0.05) is 66.5 Å². The lowest BCUT2D eigenvalue weighted by Crippen LogP contribution is -2.21. The highest BCUT2D eigenvalue weighted by Gasteiger charge is 2.34. The van der Waals surface area contributed by atoms with E-state index in [1.54, 1.807) is 0 Å². The Bertz CT molecular complexity index is 4710. The molecule has 6 amide bonds. The number of fused-ring (bicyclic) bond motifs is 2. The van der Waals surface area contributed by atoms with Crippen LogP contribution >= 0.6 is 0 Å². The first-order valence-corrected chi connectivity index (χ1v) is 32.2. The van der Waals surface area contributed by atoms with Crippen molar-refractivity contribution in [2.75, 3.05) is 31.9 Å². The molecule has 0 aromatic heterocycles. The summed E-state index contributed by atoms with van der Waals surface area (Å²) >= 11 is 0. The van der Waals surface area contributed by atoms with E-state index >= 15 is 0 Å². The maximum Gasteiger partial charge on any atom is 0.323 e. The zero-order valence-corrected chi connectivity index (χ0v) is 48.2. The fourth-order valence-corrected chi connectivity index (χ4v) is 13.3. The molecule has 8 aromatic rings. The maximum absolute atomic E-state index is 13.7. The van der Waals surface area contributed by atoms with Crippen molar-refractivity contribution in [3.8, 4) is 0 Å². The van der Waals surface area contributed by atoms with Gasteiger partial charge in [0.2, 0.25) is 0 Å². The molecule has 0 saturated heterocycles. The third-order valence-electron chi connectivity index (χ3n) is 12.5. The Morgan fingerprint density at radius 1 is 0.314 bits per heavy atom. The molecule has 0 aliphatic heterocycles. The standard InChI is InChI=1S/C51H40N6O23S6/c1-25-15-17-29(49(60)56-43-41(83(69,70)71)23-35-33(45(43)85(75,76)77)11-5-13-39(35)81(63,64)65)21-37(25)54-47(58)27-7-3-9-31(19-27)52-51(62)53-32-10-4-8-28(20-32)48(59)55-38-22-30(18-16-26(38)2)50(61)57-44-42(84(72,73)74)24-36-34(46(44)86(78,79)80)12-6-14-40(36)82(66,67)68/h3-24H,1-2H3,(H,54,58)(H,55,59)(H,56,60)(H,57,61)(H2,52,53,62)(H,63,64,65)(H,66,67,68)(H,69,70,71)(H,72,73,74)(H,75,76,77)(H,78,79,80). The van der Waals surface area contributed by atoms with Crippen LogP contribution < -0.4 is 31.9 Å². The third kappa shape index (κ3) is 13.7. The molecule has 0 radical (unpaired) electrons. The van der Waals surface area contributed by atoms with E-state index in [4.69, 9.17) is 0 Å². The number of rotatable bonds is 16. The molecule has 448 valence electrons. The van der Waals surface area contributed by atoms with Crippen molar-refractivity contribution in [2.24, 2.45) is 0 Å². The van der Waals surface area contributed by atoms with Crippen LogP contribution in [0.1, 0.15) is 52.6 Å². The maximum atomic E-state index is 13.7. The van der Waals surface area contributed by atoms with Crippen molar-refractivity contribution in [3.05, 3.63) is 167 Å². The van der Waals surface area contributed by atoms with Crippen LogP contribution in [-0.4, -0.2) is 107 Å². The summed E-state index contributed by atoms with van der Waals surface area (Å²) in [5, 5.41) is 11.2. The lowest BCUT2D eigenvalue weighted by molar-refractivity contribution is 0.101. The molecule has 8 rings (SSSR count). The fraction of sp³-hybridized carbons (Fsp3) is 0.0392. The number of carbonyl (C=O) groups excluding carboxylic acids is 5. The van der Waals surface area contributed by atoms with Gasteiger partial charge in [-0.3, -0.25) is 46.5 Å². The predicted molar refractivity (Wildman–Crippen MR) is 306 cm³/mol. The smallest absolute Gasteiger partial charge is 0.322 e. The fourth-order valence-electron chi connectivity index (χ4n) is 8.64. The van der Waals surface area contributed by atoms with Crippen LogP contribution in [0.25, 0.3) is 21.5 Å². The molecule has 0 saturated carbocycles. The Morgan fingerprint density at radius 2 is 0.628 bits per heavy atom. The Balaban J connectivity index is 0.959. The summed E-state index contributed by atoms with van der Waals surface area (Å²) in [6.45, 7) is 3.02. The highest BCUT2D eigenvalue weighted by molar-refractivity contribution is 7.88. The zero-order chi connectivity index (χ0) is 63.4. The van der Waals surface area contributed by atoms with Gasteiger partial charge in [-0.2, -0.15) is 50.5 Å². The molecule has 29 nitrogen and oxygen atoms in total. The summed E-state index contributed by atoms with van der Waals surface area (Å²) in [7, 11) is -32.6. The highest BCUT2D eigenvalue weighted by atomic mass is 32.2. The summed E-state index contributed by atoms with van der Waals surface area (Å²) in [6, 6.07) is 23.2. The molecule has 0 aliphatic carbocycles. The second-order valence-electron chi connectivity index (χ2n) is 18.3. The number of anilines is 6. The van der Waals surface area contributed by atoms with Crippen molar-refractivity contribution < 1.29 is 102 Å². The van der Waals surface area contributed by atoms with Crippen molar-refractivity contribution >= 4 is 146 Å². The summed E-state index contributed by atoms with van der Waals surface area (Å²) in [5.74, 6) is -4.19. The number of hydrogen-bond acceptors (Lipinski definition) is 17. The van der Waals surface area contributed by atoms with Gasteiger partial charge in [-0.25, -0.2) is 4.79 Å². The van der Waals surface area contributed by atoms with Gasteiger partial charge >= 0.3 is 6.03 Å². The Morgan fingerprint density at radius 3 is 0.953 bits per heavy atom. The first kappa shape index (κ1) is 62.9. The molecule has 0 fully saturated rings. The Labute approximate surface area is 487 Å². The number of hydrogen-bond donors (Lipinski definition) is 12. The van der Waals surface area contributed by atoms with Gasteiger partial charge in [-0.05, 0) is 110 Å². The lowest BCUT2D eigenvalue weighted by atomic mass is 10.1. The molecule has 35 heteroatoms. The van der Waals surface area contributed by atoms with Crippen LogP contribution in [0.15, 0.2) is 163 Å². The van der Waals surface area contributed by atoms with E-state index in [2.05, 4.69) is 21.3 Å². The van der Waals surface area contributed by atoms with E-state index in [-0.39, 0.29) is 45.0 Å². The topological polar surface area (TPSA) is 484 Å². The lowest BCUT2D eigenvalue weighted by Gasteiger charge is -2.17. The van der Waals surface area contributed by atoms with E-state index < -0.39 is 153 Å². The Hall–Kier alpha value is -9.11. The summed E-state index contributed by atoms with van der Waals surface area (Å²) in [5.41, 5.74) is -2.60. The normalized spacial score (nSPS) is 12.3. The minimum absolute atomic E-state index is 0.0361. The minimum Gasteiger partial charge on any atom is -0.322 e. The van der Waals surface area contributed by atoms with Gasteiger partial charge in [-0.1, -0.05) is 48.5 Å². The molecule has 0 unspecified atom stereocenters. The first-order chi connectivity index (χ1) is 39.8. The summed E-state index contributed by atoms with van der Waals surface area (Å²) < 4.78 is 210. The molecular formula is C51H40N6O23S6. The van der Waals surface area contributed by atoms with Crippen LogP contribution in [0.5, 0.6) is 0 Å². The summed E-state index contributed by atoms with van der Waals surface area (Å²) in [4.78, 5) is 60.4. The molecule has 8 aromatic carbocycles. The van der Waals surface area contributed by atoms with E-state index in [0.29, 0.717) is 23.3 Å². The van der Waals surface area contributed by atoms with Gasteiger partial charge in [0.05, 0.1) is 11.4 Å². The van der Waals surface area contributed by atoms with Crippen LogP contribution in [0, 0.1) is 13.8 Å². The van der Waals surface area contributed by atoms with Crippen molar-refractivity contribution in [2.45, 2.75) is 43.2 Å². The quantitative estimate of drug-likeness (QED) is 0.0445. The predicted octanol–water partition coefficient (Wildman–Crippen LogP) is 6.74. The molecule has 0 heterocycles. The third-order valence-corrected chi connectivity index (χ3v) is 17.9. The van der Waals surface area contributed by atoms with E-state index in [0.717, 1.165) is 48.5 Å². The second-order valence-corrected chi connectivity index (χ2v) is 26.6. The number of carbonyl (C=O) groups is 5. The van der Waals surface area contributed by atoms with Crippen molar-refractivity contribution in [3.63, 3.8) is 0 Å². The van der Waals surface area contributed by atoms with Gasteiger partial charge in [0.25, 0.3) is 84.3 Å². The molecule has 0 bridgehead atoms. The minimum atomic E-state index is -5.58. The van der Waals surface area contributed by atoms with Crippen LogP contribution in [0.2, 0.25) is 0 Å². The zero-order valence-electron chi connectivity index (χ0n) is 43.3. The van der Waals surface area contributed by atoms with Crippen LogP contribution in [0.3, 0.4) is 0 Å². The molecule has 86 heavy (non-hydrogen) atoms. The number of benzene rings is 8. The van der Waals surface area contributed by atoms with E-state index in [1.165, 1.54) is 86.6 Å². The van der Waals surface area contributed by atoms with Gasteiger partial charge in [-0.15, -0.1) is 0 Å². The van der Waals surface area contributed by atoms with Gasteiger partial charge < -0.3 is 31.9 Å². The Kier molecular flexibility index (Phi) is 16.9. The van der Waals surface area contributed by atoms with Crippen LogP contribution in [-0.2, 0) is 60.7 Å². The average molecular weight is 1300 g/mol. The molecule has 0 atom stereocenters.